The maximum absolute atomic E-state index is 12.3. The van der Waals surface area contributed by atoms with Crippen LogP contribution in [0.15, 0.2) is 29.8 Å². The van der Waals surface area contributed by atoms with Gasteiger partial charge < -0.3 is 15.1 Å². The van der Waals surface area contributed by atoms with Gasteiger partial charge in [-0.05, 0) is 43.9 Å². The second-order valence-electron chi connectivity index (χ2n) is 7.16. The topological polar surface area (TPSA) is 48.5 Å². The maximum Gasteiger partial charge on any atom is 0.317 e. The molecular weight excluding hydrogens is 344 g/mol. The number of thiazole rings is 1. The molecule has 2 aromatic rings. The second kappa shape index (κ2) is 8.54. The van der Waals surface area contributed by atoms with Gasteiger partial charge in [0.2, 0.25) is 0 Å². The van der Waals surface area contributed by atoms with Crippen molar-refractivity contribution in [3.8, 4) is 0 Å². The number of aromatic nitrogens is 1. The molecule has 1 saturated heterocycles. The average molecular weight is 373 g/mol. The number of likely N-dealkylation sites (N-methyl/N-ethyl adjacent to an activating group) is 1. The van der Waals surface area contributed by atoms with Crippen molar-refractivity contribution in [1.82, 2.24) is 15.2 Å². The van der Waals surface area contributed by atoms with E-state index in [2.05, 4.69) is 46.4 Å². The molecule has 0 unspecified atom stereocenters. The van der Waals surface area contributed by atoms with Gasteiger partial charge in [-0.15, -0.1) is 11.3 Å². The number of hydrogen-bond donors (Lipinski definition) is 1. The van der Waals surface area contributed by atoms with E-state index < -0.39 is 0 Å². The number of carbonyl (C=O) groups is 1. The van der Waals surface area contributed by atoms with Crippen LogP contribution in [0.25, 0.3) is 0 Å². The average Bonchev–Trinajstić information content (AvgIpc) is 3.26. The molecule has 1 fully saturated rings. The third kappa shape index (κ3) is 4.75. The Morgan fingerprint density at radius 1 is 1.42 bits per heavy atom. The third-order valence-corrected chi connectivity index (χ3v) is 6.06. The number of rotatable bonds is 6. The molecule has 5 nitrogen and oxygen atoms in total. The molecule has 2 amide bonds. The number of anilines is 1. The fraction of sp³-hybridized carbons (Fsp3) is 0.500. The van der Waals surface area contributed by atoms with Crippen molar-refractivity contribution in [3.63, 3.8) is 0 Å². The second-order valence-corrected chi connectivity index (χ2v) is 8.10. The first-order valence-corrected chi connectivity index (χ1v) is 10.1. The van der Waals surface area contributed by atoms with Crippen molar-refractivity contribution in [3.05, 3.63) is 45.9 Å². The van der Waals surface area contributed by atoms with Gasteiger partial charge in [0.05, 0.1) is 11.2 Å². The smallest absolute Gasteiger partial charge is 0.317 e. The number of nitrogens with one attached hydrogen (secondary N) is 1. The largest absolute Gasteiger partial charge is 0.371 e. The van der Waals surface area contributed by atoms with Crippen molar-refractivity contribution in [2.24, 2.45) is 5.92 Å². The summed E-state index contributed by atoms with van der Waals surface area (Å²) < 4.78 is 0. The van der Waals surface area contributed by atoms with E-state index in [0.717, 1.165) is 44.7 Å². The number of amides is 2. The van der Waals surface area contributed by atoms with E-state index in [4.69, 9.17) is 0 Å². The molecule has 1 aromatic heterocycles. The lowest BCUT2D eigenvalue weighted by Crippen LogP contribution is -2.40. The highest BCUT2D eigenvalue weighted by atomic mass is 32.1. The Hall–Kier alpha value is -2.08. The monoisotopic (exact) mass is 372 g/mol. The van der Waals surface area contributed by atoms with Crippen LogP contribution >= 0.6 is 11.3 Å². The van der Waals surface area contributed by atoms with Crippen LogP contribution in [0.2, 0.25) is 0 Å². The van der Waals surface area contributed by atoms with Gasteiger partial charge in [0.1, 0.15) is 0 Å². The summed E-state index contributed by atoms with van der Waals surface area (Å²) in [7, 11) is 1.86. The minimum Gasteiger partial charge on any atom is -0.371 e. The van der Waals surface area contributed by atoms with E-state index in [1.807, 2.05) is 19.5 Å². The van der Waals surface area contributed by atoms with Crippen molar-refractivity contribution >= 4 is 23.1 Å². The number of benzene rings is 1. The van der Waals surface area contributed by atoms with Crippen molar-refractivity contribution in [2.45, 2.75) is 26.7 Å². The SMILES string of the molecule is Cc1cccc(N2CC[C@@H](CNC(=O)N(C)CCc3scnc3C)C2)c1. The highest BCUT2D eigenvalue weighted by molar-refractivity contribution is 7.09. The van der Waals surface area contributed by atoms with Gasteiger partial charge in [-0.1, -0.05) is 12.1 Å². The number of carbonyl (C=O) groups excluding carboxylic acids is 1. The van der Waals surface area contributed by atoms with Crippen molar-refractivity contribution in [2.75, 3.05) is 38.1 Å². The molecule has 140 valence electrons. The molecule has 2 heterocycles. The van der Waals surface area contributed by atoms with Gasteiger partial charge in [-0.2, -0.15) is 0 Å². The predicted molar refractivity (Wildman–Crippen MR) is 108 cm³/mol. The molecule has 0 bridgehead atoms. The molecule has 1 aromatic carbocycles. The third-order valence-electron chi connectivity index (χ3n) is 5.06. The predicted octanol–water partition coefficient (Wildman–Crippen LogP) is 3.47. The zero-order chi connectivity index (χ0) is 18.5. The van der Waals surface area contributed by atoms with Crippen LogP contribution in [-0.4, -0.2) is 49.1 Å². The molecule has 3 rings (SSSR count). The van der Waals surface area contributed by atoms with E-state index in [1.165, 1.54) is 16.1 Å². The fourth-order valence-electron chi connectivity index (χ4n) is 3.36. The van der Waals surface area contributed by atoms with Gasteiger partial charge in [0, 0.05) is 50.2 Å². The minimum atomic E-state index is 0.0150. The zero-order valence-corrected chi connectivity index (χ0v) is 16.7. The van der Waals surface area contributed by atoms with E-state index in [9.17, 15) is 4.79 Å². The first kappa shape index (κ1) is 18.7. The maximum atomic E-state index is 12.3. The Morgan fingerprint density at radius 2 is 2.27 bits per heavy atom. The Kier molecular flexibility index (Phi) is 6.14. The van der Waals surface area contributed by atoms with Crippen LogP contribution in [0.4, 0.5) is 10.5 Å². The number of hydrogen-bond acceptors (Lipinski definition) is 4. The van der Waals surface area contributed by atoms with E-state index >= 15 is 0 Å². The van der Waals surface area contributed by atoms with E-state index in [0.29, 0.717) is 5.92 Å². The molecule has 0 aliphatic carbocycles. The molecular formula is C20H28N4OS. The molecule has 6 heteroatoms. The first-order chi connectivity index (χ1) is 12.5. The van der Waals surface area contributed by atoms with Crippen LogP contribution in [0.1, 0.15) is 22.6 Å². The highest BCUT2D eigenvalue weighted by Gasteiger charge is 2.23. The molecule has 1 atom stereocenters. The summed E-state index contributed by atoms with van der Waals surface area (Å²) >= 11 is 1.66. The number of urea groups is 1. The minimum absolute atomic E-state index is 0.0150. The van der Waals surface area contributed by atoms with Crippen LogP contribution in [-0.2, 0) is 6.42 Å². The number of nitrogens with zero attached hydrogens (tertiary/aromatic N) is 3. The quantitative estimate of drug-likeness (QED) is 0.845. The van der Waals surface area contributed by atoms with Crippen molar-refractivity contribution < 1.29 is 4.79 Å². The van der Waals surface area contributed by atoms with Gasteiger partial charge in [-0.3, -0.25) is 0 Å². The van der Waals surface area contributed by atoms with Crippen LogP contribution in [0.5, 0.6) is 0 Å². The van der Waals surface area contributed by atoms with Gasteiger partial charge in [0.25, 0.3) is 0 Å². The molecule has 26 heavy (non-hydrogen) atoms. The van der Waals surface area contributed by atoms with Gasteiger partial charge in [-0.25, -0.2) is 9.78 Å². The standard InChI is InChI=1S/C20H28N4OS/c1-15-5-4-6-18(11-15)24-10-7-17(13-24)12-21-20(25)23(3)9-8-19-16(2)22-14-26-19/h4-6,11,14,17H,7-10,12-13H2,1-3H3,(H,21,25)/t17-/m0/s1. The summed E-state index contributed by atoms with van der Waals surface area (Å²) in [5.74, 6) is 0.511. The lowest BCUT2D eigenvalue weighted by atomic mass is 10.1. The Bertz CT molecular complexity index is 745. The summed E-state index contributed by atoms with van der Waals surface area (Å²) in [6.07, 6.45) is 1.99. The van der Waals surface area contributed by atoms with Gasteiger partial charge >= 0.3 is 6.03 Å². The summed E-state index contributed by atoms with van der Waals surface area (Å²) in [5.41, 5.74) is 5.52. The molecule has 0 radical (unpaired) electrons. The fourth-order valence-corrected chi connectivity index (χ4v) is 4.13. The summed E-state index contributed by atoms with van der Waals surface area (Å²) in [4.78, 5) is 22.0. The van der Waals surface area contributed by atoms with Crippen molar-refractivity contribution in [1.29, 1.82) is 0 Å². The van der Waals surface area contributed by atoms with Crippen LogP contribution < -0.4 is 10.2 Å². The lowest BCUT2D eigenvalue weighted by Gasteiger charge is -2.21. The molecule has 1 aliphatic rings. The van der Waals surface area contributed by atoms with Gasteiger partial charge in [0.15, 0.2) is 0 Å². The molecule has 0 spiro atoms. The first-order valence-electron chi connectivity index (χ1n) is 9.22. The van der Waals surface area contributed by atoms with E-state index in [-0.39, 0.29) is 6.03 Å². The number of aryl methyl sites for hydroxylation is 2. The summed E-state index contributed by atoms with van der Waals surface area (Å²) in [6.45, 7) is 7.67. The molecule has 0 saturated carbocycles. The molecule has 1 aliphatic heterocycles. The summed E-state index contributed by atoms with van der Waals surface area (Å²) in [6, 6.07) is 8.65. The van der Waals surface area contributed by atoms with Crippen LogP contribution in [0, 0.1) is 19.8 Å². The molecule has 1 N–H and O–H groups in total. The lowest BCUT2D eigenvalue weighted by molar-refractivity contribution is 0.208. The Labute approximate surface area is 160 Å². The summed E-state index contributed by atoms with van der Waals surface area (Å²) in [5, 5.41) is 3.10. The normalized spacial score (nSPS) is 16.7. The zero-order valence-electron chi connectivity index (χ0n) is 15.9. The van der Waals surface area contributed by atoms with Crippen LogP contribution in [0.3, 0.4) is 0 Å². The van der Waals surface area contributed by atoms with E-state index in [1.54, 1.807) is 16.2 Å². The Morgan fingerprint density at radius 3 is 3.00 bits per heavy atom. The Balaban J connectivity index is 1.41. The highest BCUT2D eigenvalue weighted by Crippen LogP contribution is 2.24.